The number of nitrogens with zero attached hydrogens (tertiary/aromatic N) is 3. The second-order valence-corrected chi connectivity index (χ2v) is 5.19. The molecule has 0 saturated carbocycles. The smallest absolute Gasteiger partial charge is 0.274 e. The number of aromatic nitrogens is 2. The van der Waals surface area contributed by atoms with Gasteiger partial charge in [0.15, 0.2) is 0 Å². The average molecular weight is 295 g/mol. The molecule has 6 heteroatoms. The second kappa shape index (κ2) is 7.18. The SMILES string of the molecule is CC(C)CNc1nccc(C(=O)Nc2cccc(C#N)c2)n1. The van der Waals surface area contributed by atoms with Crippen LogP contribution in [0.1, 0.15) is 29.9 Å². The van der Waals surface area contributed by atoms with Gasteiger partial charge in [0.2, 0.25) is 5.95 Å². The molecule has 0 unspecified atom stereocenters. The largest absolute Gasteiger partial charge is 0.354 e. The number of carbonyl (C=O) groups excluding carboxylic acids is 1. The molecule has 0 atom stereocenters. The van der Waals surface area contributed by atoms with Gasteiger partial charge in [-0.15, -0.1) is 0 Å². The highest BCUT2D eigenvalue weighted by Crippen LogP contribution is 2.11. The summed E-state index contributed by atoms with van der Waals surface area (Å²) in [7, 11) is 0. The van der Waals surface area contributed by atoms with Gasteiger partial charge in [-0.1, -0.05) is 19.9 Å². The van der Waals surface area contributed by atoms with Crippen molar-refractivity contribution in [1.29, 1.82) is 5.26 Å². The second-order valence-electron chi connectivity index (χ2n) is 5.19. The molecule has 6 nitrogen and oxygen atoms in total. The van der Waals surface area contributed by atoms with Gasteiger partial charge in [-0.2, -0.15) is 5.26 Å². The van der Waals surface area contributed by atoms with E-state index >= 15 is 0 Å². The summed E-state index contributed by atoms with van der Waals surface area (Å²) in [5, 5.41) is 14.7. The van der Waals surface area contributed by atoms with Crippen molar-refractivity contribution in [1.82, 2.24) is 9.97 Å². The van der Waals surface area contributed by atoms with Gasteiger partial charge < -0.3 is 10.6 Å². The van der Waals surface area contributed by atoms with Crippen molar-refractivity contribution < 1.29 is 4.79 Å². The third-order valence-electron chi connectivity index (χ3n) is 2.81. The van der Waals surface area contributed by atoms with E-state index in [1.165, 1.54) is 6.20 Å². The van der Waals surface area contributed by atoms with Crippen LogP contribution in [0.5, 0.6) is 0 Å². The number of hydrogen-bond acceptors (Lipinski definition) is 5. The predicted octanol–water partition coefficient (Wildman–Crippen LogP) is 2.67. The Morgan fingerprint density at radius 1 is 1.36 bits per heavy atom. The third kappa shape index (κ3) is 4.28. The minimum atomic E-state index is -0.343. The van der Waals surface area contributed by atoms with Crippen LogP contribution in [-0.4, -0.2) is 22.4 Å². The molecule has 1 heterocycles. The van der Waals surface area contributed by atoms with E-state index in [-0.39, 0.29) is 11.6 Å². The summed E-state index contributed by atoms with van der Waals surface area (Å²) in [6, 6.07) is 10.3. The van der Waals surface area contributed by atoms with Crippen molar-refractivity contribution in [3.63, 3.8) is 0 Å². The highest BCUT2D eigenvalue weighted by molar-refractivity contribution is 6.03. The summed E-state index contributed by atoms with van der Waals surface area (Å²) in [5.41, 5.74) is 1.31. The maximum atomic E-state index is 12.2. The summed E-state index contributed by atoms with van der Waals surface area (Å²) in [6.45, 7) is 4.88. The van der Waals surface area contributed by atoms with Crippen LogP contribution in [-0.2, 0) is 0 Å². The first kappa shape index (κ1) is 15.4. The average Bonchev–Trinajstić information content (AvgIpc) is 2.53. The van der Waals surface area contributed by atoms with Gasteiger partial charge in [0.1, 0.15) is 5.69 Å². The fraction of sp³-hybridized carbons (Fsp3) is 0.250. The van der Waals surface area contributed by atoms with Crippen LogP contribution in [0.15, 0.2) is 36.5 Å². The Morgan fingerprint density at radius 2 is 2.18 bits per heavy atom. The maximum absolute atomic E-state index is 12.2. The first-order valence-electron chi connectivity index (χ1n) is 6.97. The van der Waals surface area contributed by atoms with Gasteiger partial charge in [-0.05, 0) is 30.2 Å². The predicted molar refractivity (Wildman–Crippen MR) is 84.5 cm³/mol. The lowest BCUT2D eigenvalue weighted by molar-refractivity contribution is 0.102. The fourth-order valence-electron chi connectivity index (χ4n) is 1.73. The Bertz CT molecular complexity index is 706. The normalized spacial score (nSPS) is 10.1. The van der Waals surface area contributed by atoms with E-state index in [4.69, 9.17) is 5.26 Å². The molecule has 0 aliphatic heterocycles. The van der Waals surface area contributed by atoms with Crippen LogP contribution in [0.25, 0.3) is 0 Å². The molecule has 0 fully saturated rings. The minimum absolute atomic E-state index is 0.267. The molecule has 1 amide bonds. The zero-order chi connectivity index (χ0) is 15.9. The monoisotopic (exact) mass is 295 g/mol. The molecule has 2 aromatic rings. The molecule has 2 N–H and O–H groups in total. The molecule has 2 rings (SSSR count). The summed E-state index contributed by atoms with van der Waals surface area (Å²) in [5.74, 6) is 0.534. The number of benzene rings is 1. The lowest BCUT2D eigenvalue weighted by Crippen LogP contribution is -2.16. The highest BCUT2D eigenvalue weighted by atomic mass is 16.1. The van der Waals surface area contributed by atoms with Gasteiger partial charge in [-0.3, -0.25) is 4.79 Å². The number of hydrogen-bond donors (Lipinski definition) is 2. The first-order valence-corrected chi connectivity index (χ1v) is 6.97. The summed E-state index contributed by atoms with van der Waals surface area (Å²) >= 11 is 0. The van der Waals surface area contributed by atoms with Gasteiger partial charge in [0.25, 0.3) is 5.91 Å². The molecule has 112 valence electrons. The van der Waals surface area contributed by atoms with Crippen LogP contribution in [0.3, 0.4) is 0 Å². The number of nitriles is 1. The molecule has 0 radical (unpaired) electrons. The molecule has 1 aromatic heterocycles. The Kier molecular flexibility index (Phi) is 5.04. The van der Waals surface area contributed by atoms with Gasteiger partial charge in [0, 0.05) is 18.4 Å². The van der Waals surface area contributed by atoms with Crippen LogP contribution >= 0.6 is 0 Å². The van der Waals surface area contributed by atoms with Crippen molar-refractivity contribution in [2.45, 2.75) is 13.8 Å². The van der Waals surface area contributed by atoms with Gasteiger partial charge in [-0.25, -0.2) is 9.97 Å². The van der Waals surface area contributed by atoms with Crippen molar-refractivity contribution >= 4 is 17.5 Å². The summed E-state index contributed by atoms with van der Waals surface area (Å²) in [6.07, 6.45) is 1.54. The molecule has 0 aliphatic rings. The molecule has 0 spiro atoms. The van der Waals surface area contributed by atoms with Gasteiger partial charge in [0.05, 0.1) is 11.6 Å². The van der Waals surface area contributed by atoms with E-state index in [0.717, 1.165) is 6.54 Å². The van der Waals surface area contributed by atoms with Crippen LogP contribution < -0.4 is 10.6 Å². The van der Waals surface area contributed by atoms with Crippen molar-refractivity contribution in [3.05, 3.63) is 47.8 Å². The third-order valence-corrected chi connectivity index (χ3v) is 2.81. The van der Waals surface area contributed by atoms with E-state index in [9.17, 15) is 4.79 Å². The van der Waals surface area contributed by atoms with Crippen molar-refractivity contribution in [2.24, 2.45) is 5.92 Å². The lowest BCUT2D eigenvalue weighted by Gasteiger charge is -2.09. The molecule has 0 bridgehead atoms. The summed E-state index contributed by atoms with van der Waals surface area (Å²) in [4.78, 5) is 20.5. The molecular weight excluding hydrogens is 278 g/mol. The minimum Gasteiger partial charge on any atom is -0.354 e. The molecule has 0 aliphatic carbocycles. The maximum Gasteiger partial charge on any atom is 0.274 e. The topological polar surface area (TPSA) is 90.7 Å². The van der Waals surface area contributed by atoms with E-state index in [1.54, 1.807) is 30.3 Å². The number of rotatable bonds is 5. The Balaban J connectivity index is 2.09. The molecule has 1 aromatic carbocycles. The standard InChI is InChI=1S/C16H17N5O/c1-11(2)10-19-16-18-7-6-14(21-16)15(22)20-13-5-3-4-12(8-13)9-17/h3-8,11H,10H2,1-2H3,(H,20,22)(H,18,19,21). The van der Waals surface area contributed by atoms with E-state index in [2.05, 4.69) is 34.4 Å². The number of anilines is 2. The van der Waals surface area contributed by atoms with E-state index < -0.39 is 0 Å². The highest BCUT2D eigenvalue weighted by Gasteiger charge is 2.09. The molecule has 22 heavy (non-hydrogen) atoms. The zero-order valence-electron chi connectivity index (χ0n) is 12.5. The van der Waals surface area contributed by atoms with Crippen molar-refractivity contribution in [2.75, 3.05) is 17.2 Å². The van der Waals surface area contributed by atoms with Crippen LogP contribution in [0.4, 0.5) is 11.6 Å². The molecular formula is C16H17N5O. The number of amides is 1. The zero-order valence-corrected chi connectivity index (χ0v) is 12.5. The van der Waals surface area contributed by atoms with Crippen LogP contribution in [0.2, 0.25) is 0 Å². The number of carbonyl (C=O) groups is 1. The fourth-order valence-corrected chi connectivity index (χ4v) is 1.73. The summed E-state index contributed by atoms with van der Waals surface area (Å²) < 4.78 is 0. The molecule has 0 saturated heterocycles. The quantitative estimate of drug-likeness (QED) is 0.885. The Hall–Kier alpha value is -2.94. The van der Waals surface area contributed by atoms with E-state index in [1.807, 2.05) is 6.07 Å². The lowest BCUT2D eigenvalue weighted by atomic mass is 10.2. The first-order chi connectivity index (χ1) is 10.6. The van der Waals surface area contributed by atoms with Crippen molar-refractivity contribution in [3.8, 4) is 6.07 Å². The Labute approximate surface area is 129 Å². The Morgan fingerprint density at radius 3 is 2.91 bits per heavy atom. The number of nitrogens with one attached hydrogen (secondary N) is 2. The van der Waals surface area contributed by atoms with Crippen LogP contribution in [0, 0.1) is 17.2 Å². The van der Waals surface area contributed by atoms with E-state index in [0.29, 0.717) is 23.1 Å². The van der Waals surface area contributed by atoms with Gasteiger partial charge >= 0.3 is 0 Å².